The third-order valence-corrected chi connectivity index (χ3v) is 8.95. The van der Waals surface area contributed by atoms with E-state index in [2.05, 4.69) is 36.5 Å². The maximum absolute atomic E-state index is 12.6. The summed E-state index contributed by atoms with van der Waals surface area (Å²) in [5.74, 6) is 0.167. The van der Waals surface area contributed by atoms with Gasteiger partial charge in [0.05, 0.1) is 5.75 Å². The first-order valence-electron chi connectivity index (χ1n) is 10.7. The van der Waals surface area contributed by atoms with Crippen LogP contribution >= 0.6 is 22.9 Å². The van der Waals surface area contributed by atoms with Gasteiger partial charge in [-0.25, -0.2) is 8.42 Å². The molecular weight excluding hydrogens is 462 g/mol. The highest BCUT2D eigenvalue weighted by Gasteiger charge is 2.17. The molecule has 0 aliphatic rings. The van der Waals surface area contributed by atoms with Crippen LogP contribution in [0.5, 0.6) is 0 Å². The number of rotatable bonds is 12. The van der Waals surface area contributed by atoms with Gasteiger partial charge < -0.3 is 5.32 Å². The fraction of sp³-hybridized carbons (Fsp3) is 0.320. The summed E-state index contributed by atoms with van der Waals surface area (Å²) in [5, 5.41) is 3.96. The SMILES string of the molecule is Cc1ccc(CNCCCCS(=O)(=O)c2ccc(CCC(=O)c3ccc(Cl)cc3)s2)cc1. The fourth-order valence-electron chi connectivity index (χ4n) is 3.26. The van der Waals surface area contributed by atoms with Gasteiger partial charge in [-0.15, -0.1) is 11.3 Å². The minimum atomic E-state index is -3.29. The van der Waals surface area contributed by atoms with Crippen molar-refractivity contribution in [2.75, 3.05) is 12.3 Å². The molecule has 4 nitrogen and oxygen atoms in total. The molecule has 0 aliphatic carbocycles. The molecule has 0 aliphatic heterocycles. The van der Waals surface area contributed by atoms with Gasteiger partial charge in [0.15, 0.2) is 15.6 Å². The molecule has 3 rings (SSSR count). The molecule has 0 saturated heterocycles. The zero-order valence-corrected chi connectivity index (χ0v) is 20.5. The van der Waals surface area contributed by atoms with Gasteiger partial charge in [-0.2, -0.15) is 0 Å². The van der Waals surface area contributed by atoms with E-state index in [1.807, 2.05) is 6.07 Å². The van der Waals surface area contributed by atoms with E-state index in [1.165, 1.54) is 22.5 Å². The molecule has 0 bridgehead atoms. The first kappa shape index (κ1) is 24.6. The second kappa shape index (κ2) is 11.8. The second-order valence-electron chi connectivity index (χ2n) is 7.84. The largest absolute Gasteiger partial charge is 0.313 e. The average molecular weight is 490 g/mol. The topological polar surface area (TPSA) is 63.2 Å². The van der Waals surface area contributed by atoms with E-state index in [0.29, 0.717) is 34.1 Å². The maximum Gasteiger partial charge on any atom is 0.187 e. The molecule has 0 saturated carbocycles. The number of aryl methyl sites for hydroxylation is 2. The molecule has 0 unspecified atom stereocenters. The molecule has 7 heteroatoms. The number of nitrogens with one attached hydrogen (secondary N) is 1. The van der Waals surface area contributed by atoms with Crippen molar-refractivity contribution in [3.63, 3.8) is 0 Å². The van der Waals surface area contributed by atoms with E-state index in [-0.39, 0.29) is 11.5 Å². The van der Waals surface area contributed by atoms with E-state index >= 15 is 0 Å². The standard InChI is InChI=1S/C25H28ClNO3S2/c1-19-4-6-20(7-5-19)18-27-16-2-3-17-32(29,30)25-15-13-23(31-25)12-14-24(28)21-8-10-22(26)11-9-21/h4-11,13,15,27H,2-3,12,14,16-18H2,1H3. The Morgan fingerprint density at radius 3 is 2.41 bits per heavy atom. The van der Waals surface area contributed by atoms with E-state index in [4.69, 9.17) is 11.6 Å². The average Bonchev–Trinajstić information content (AvgIpc) is 3.26. The lowest BCUT2D eigenvalue weighted by molar-refractivity contribution is 0.0983. The molecule has 0 spiro atoms. The number of unbranched alkanes of at least 4 members (excludes halogenated alkanes) is 1. The quantitative estimate of drug-likeness (QED) is 0.255. The lowest BCUT2D eigenvalue weighted by Gasteiger charge is -2.06. The van der Waals surface area contributed by atoms with Crippen LogP contribution in [0.1, 0.15) is 45.6 Å². The van der Waals surface area contributed by atoms with E-state index in [0.717, 1.165) is 24.4 Å². The van der Waals surface area contributed by atoms with Gasteiger partial charge in [0.2, 0.25) is 0 Å². The van der Waals surface area contributed by atoms with Crippen LogP contribution in [0.3, 0.4) is 0 Å². The van der Waals surface area contributed by atoms with Crippen LogP contribution in [-0.2, 0) is 22.8 Å². The van der Waals surface area contributed by atoms with Crippen LogP contribution in [0.4, 0.5) is 0 Å². The summed E-state index contributed by atoms with van der Waals surface area (Å²) >= 11 is 7.13. The van der Waals surface area contributed by atoms with Crippen molar-refractivity contribution in [2.45, 2.75) is 43.4 Å². The number of hydrogen-bond acceptors (Lipinski definition) is 5. The van der Waals surface area contributed by atoms with Crippen LogP contribution in [-0.4, -0.2) is 26.5 Å². The zero-order chi connectivity index (χ0) is 23.0. The van der Waals surface area contributed by atoms with Crippen molar-refractivity contribution in [3.8, 4) is 0 Å². The molecule has 3 aromatic rings. The Kier molecular flexibility index (Phi) is 9.05. The third kappa shape index (κ3) is 7.55. The number of benzene rings is 2. The highest BCUT2D eigenvalue weighted by atomic mass is 35.5. The van der Waals surface area contributed by atoms with E-state index < -0.39 is 9.84 Å². The van der Waals surface area contributed by atoms with Gasteiger partial charge in [0.25, 0.3) is 0 Å². The number of carbonyl (C=O) groups is 1. The molecule has 1 heterocycles. The van der Waals surface area contributed by atoms with Gasteiger partial charge in [-0.3, -0.25) is 4.79 Å². The molecule has 1 aromatic heterocycles. The summed E-state index contributed by atoms with van der Waals surface area (Å²) in [7, 11) is -3.29. The second-order valence-corrected chi connectivity index (χ2v) is 11.8. The Morgan fingerprint density at radius 2 is 1.69 bits per heavy atom. The van der Waals surface area contributed by atoms with Gasteiger partial charge in [-0.1, -0.05) is 41.4 Å². The molecule has 170 valence electrons. The van der Waals surface area contributed by atoms with Gasteiger partial charge in [-0.05, 0) is 74.7 Å². The van der Waals surface area contributed by atoms with Crippen LogP contribution in [0.25, 0.3) is 0 Å². The first-order chi connectivity index (χ1) is 15.3. The van der Waals surface area contributed by atoms with Crippen molar-refractivity contribution in [3.05, 3.63) is 87.3 Å². The number of thiophene rings is 1. The van der Waals surface area contributed by atoms with Crippen molar-refractivity contribution >= 4 is 38.6 Å². The molecule has 0 radical (unpaired) electrons. The Balaban J connectivity index is 1.39. The first-order valence-corrected chi connectivity index (χ1v) is 13.5. The van der Waals surface area contributed by atoms with E-state index in [9.17, 15) is 13.2 Å². The molecule has 1 N–H and O–H groups in total. The Bertz CT molecular complexity index is 1120. The van der Waals surface area contributed by atoms with Gasteiger partial charge in [0.1, 0.15) is 4.21 Å². The van der Waals surface area contributed by atoms with Crippen LogP contribution in [0.2, 0.25) is 5.02 Å². The summed E-state index contributed by atoms with van der Waals surface area (Å²) in [6, 6.07) is 18.7. The predicted molar refractivity (Wildman–Crippen MR) is 133 cm³/mol. The normalized spacial score (nSPS) is 11.6. The summed E-state index contributed by atoms with van der Waals surface area (Å²) < 4.78 is 25.7. The number of halogens is 1. The molecule has 32 heavy (non-hydrogen) atoms. The van der Waals surface area contributed by atoms with E-state index in [1.54, 1.807) is 30.3 Å². The molecule has 0 atom stereocenters. The molecular formula is C25H28ClNO3S2. The lowest BCUT2D eigenvalue weighted by Crippen LogP contribution is -2.16. The predicted octanol–water partition coefficient (Wildman–Crippen LogP) is 5.87. The van der Waals surface area contributed by atoms with Crippen molar-refractivity contribution in [1.82, 2.24) is 5.32 Å². The molecule has 0 amide bonds. The number of Topliss-reactive ketones (excluding diaryl/α,β-unsaturated/α-hetero) is 1. The van der Waals surface area contributed by atoms with Crippen molar-refractivity contribution < 1.29 is 13.2 Å². The number of ketones is 1. The van der Waals surface area contributed by atoms with Crippen molar-refractivity contribution in [1.29, 1.82) is 0 Å². The zero-order valence-electron chi connectivity index (χ0n) is 18.1. The van der Waals surface area contributed by atoms with Crippen molar-refractivity contribution in [2.24, 2.45) is 0 Å². The van der Waals surface area contributed by atoms with Gasteiger partial charge >= 0.3 is 0 Å². The summed E-state index contributed by atoms with van der Waals surface area (Å²) in [6.07, 6.45) is 2.29. The third-order valence-electron chi connectivity index (χ3n) is 5.17. The summed E-state index contributed by atoms with van der Waals surface area (Å²) in [6.45, 7) is 3.64. The fourth-order valence-corrected chi connectivity index (χ4v) is 6.26. The van der Waals surface area contributed by atoms with Crippen LogP contribution in [0, 0.1) is 6.92 Å². The smallest absolute Gasteiger partial charge is 0.187 e. The summed E-state index contributed by atoms with van der Waals surface area (Å²) in [4.78, 5) is 13.2. The lowest BCUT2D eigenvalue weighted by atomic mass is 10.1. The Hall–Kier alpha value is -1.99. The minimum absolute atomic E-state index is 0.0256. The highest BCUT2D eigenvalue weighted by Crippen LogP contribution is 2.25. The number of carbonyl (C=O) groups excluding carboxylic acids is 1. The number of hydrogen-bond donors (Lipinski definition) is 1. The Labute approximate surface area is 199 Å². The highest BCUT2D eigenvalue weighted by molar-refractivity contribution is 7.93. The minimum Gasteiger partial charge on any atom is -0.313 e. The molecule has 0 fully saturated rings. The number of sulfone groups is 1. The van der Waals surface area contributed by atoms with Crippen LogP contribution in [0.15, 0.2) is 64.9 Å². The molecule has 2 aromatic carbocycles. The Morgan fingerprint density at radius 1 is 0.969 bits per heavy atom. The van der Waals surface area contributed by atoms with Gasteiger partial charge in [0, 0.05) is 28.4 Å². The summed E-state index contributed by atoms with van der Waals surface area (Å²) in [5.41, 5.74) is 3.09. The monoisotopic (exact) mass is 489 g/mol. The maximum atomic E-state index is 12.6. The van der Waals surface area contributed by atoms with Crippen LogP contribution < -0.4 is 5.32 Å².